The summed E-state index contributed by atoms with van der Waals surface area (Å²) in [6, 6.07) is -0.299. The third kappa shape index (κ3) is 5.66. The first-order valence-electron chi connectivity index (χ1n) is 5.66. The van der Waals surface area contributed by atoms with Crippen molar-refractivity contribution in [2.24, 2.45) is 5.73 Å². The van der Waals surface area contributed by atoms with Crippen LogP contribution < -0.4 is 5.73 Å². The van der Waals surface area contributed by atoms with Crippen molar-refractivity contribution in [3.63, 3.8) is 0 Å². The maximum Gasteiger partial charge on any atom is 0.303 e. The summed E-state index contributed by atoms with van der Waals surface area (Å²) in [5.74, 6) is -0.397. The van der Waals surface area contributed by atoms with Crippen LogP contribution in [-0.4, -0.2) is 23.8 Å². The molecule has 0 aliphatic heterocycles. The lowest BCUT2D eigenvalue weighted by Gasteiger charge is -2.22. The topological polar surface area (TPSA) is 76.2 Å². The van der Waals surface area contributed by atoms with E-state index in [1.165, 1.54) is 6.92 Å². The SMILES string of the molecule is C/C=C\C(=N)C(OC(C)=O)C(N)CCCC. The maximum atomic E-state index is 10.9. The van der Waals surface area contributed by atoms with Crippen molar-refractivity contribution in [2.75, 3.05) is 0 Å². The normalized spacial score (nSPS) is 14.8. The van der Waals surface area contributed by atoms with Crippen LogP contribution in [0.15, 0.2) is 12.2 Å². The minimum atomic E-state index is -0.625. The van der Waals surface area contributed by atoms with E-state index in [0.29, 0.717) is 0 Å². The van der Waals surface area contributed by atoms with Gasteiger partial charge in [0.25, 0.3) is 0 Å². The molecule has 0 heterocycles. The molecule has 0 bridgehead atoms. The Hall–Kier alpha value is -1.16. The van der Waals surface area contributed by atoms with E-state index in [1.807, 2.05) is 6.92 Å². The fourth-order valence-electron chi connectivity index (χ4n) is 1.43. The van der Waals surface area contributed by atoms with Gasteiger partial charge in [-0.1, -0.05) is 25.8 Å². The summed E-state index contributed by atoms with van der Waals surface area (Å²) in [7, 11) is 0. The minimum Gasteiger partial charge on any atom is -0.454 e. The molecule has 0 rings (SSSR count). The summed E-state index contributed by atoms with van der Waals surface area (Å²) in [4.78, 5) is 10.9. The van der Waals surface area contributed by atoms with Crippen LogP contribution in [0.5, 0.6) is 0 Å². The Morgan fingerprint density at radius 2 is 2.19 bits per heavy atom. The lowest BCUT2D eigenvalue weighted by molar-refractivity contribution is -0.144. The first kappa shape index (κ1) is 14.8. The van der Waals surface area contributed by atoms with Gasteiger partial charge < -0.3 is 15.9 Å². The molecule has 0 aromatic heterocycles. The number of unbranched alkanes of at least 4 members (excludes halogenated alkanes) is 1. The molecule has 0 aromatic carbocycles. The van der Waals surface area contributed by atoms with E-state index in [9.17, 15) is 4.79 Å². The maximum absolute atomic E-state index is 10.9. The zero-order valence-corrected chi connectivity index (χ0v) is 10.3. The lowest BCUT2D eigenvalue weighted by Crippen LogP contribution is -2.42. The van der Waals surface area contributed by atoms with Crippen LogP contribution in [0.1, 0.15) is 40.0 Å². The van der Waals surface area contributed by atoms with Crippen molar-refractivity contribution in [3.8, 4) is 0 Å². The summed E-state index contributed by atoms with van der Waals surface area (Å²) < 4.78 is 5.08. The molecule has 0 amide bonds. The van der Waals surface area contributed by atoms with E-state index in [2.05, 4.69) is 6.92 Å². The van der Waals surface area contributed by atoms with Gasteiger partial charge in [0.05, 0.1) is 5.71 Å². The van der Waals surface area contributed by atoms with Crippen molar-refractivity contribution in [3.05, 3.63) is 12.2 Å². The van der Waals surface area contributed by atoms with Crippen LogP contribution in [-0.2, 0) is 9.53 Å². The fraction of sp³-hybridized carbons (Fsp3) is 0.667. The van der Waals surface area contributed by atoms with Gasteiger partial charge in [0, 0.05) is 13.0 Å². The van der Waals surface area contributed by atoms with E-state index in [1.54, 1.807) is 12.2 Å². The van der Waals surface area contributed by atoms with Crippen LogP contribution in [0, 0.1) is 5.41 Å². The molecular weight excluding hydrogens is 204 g/mol. The van der Waals surface area contributed by atoms with Gasteiger partial charge in [-0.2, -0.15) is 0 Å². The Bertz CT molecular complexity index is 262. The number of esters is 1. The molecule has 0 saturated heterocycles. The number of carbonyl (C=O) groups is 1. The summed E-state index contributed by atoms with van der Waals surface area (Å²) in [5.41, 5.74) is 6.18. The molecule has 0 radical (unpaired) electrons. The number of nitrogens with two attached hydrogens (primary N) is 1. The van der Waals surface area contributed by atoms with E-state index < -0.39 is 12.1 Å². The molecule has 0 aliphatic carbocycles. The molecule has 0 fully saturated rings. The molecular formula is C12H22N2O2. The van der Waals surface area contributed by atoms with E-state index in [-0.39, 0.29) is 11.8 Å². The van der Waals surface area contributed by atoms with Crippen LogP contribution >= 0.6 is 0 Å². The first-order valence-corrected chi connectivity index (χ1v) is 5.66. The summed E-state index contributed by atoms with van der Waals surface area (Å²) >= 11 is 0. The molecule has 2 unspecified atom stereocenters. The van der Waals surface area contributed by atoms with Gasteiger partial charge in [0.15, 0.2) is 6.10 Å². The van der Waals surface area contributed by atoms with Crippen molar-refractivity contribution in [1.82, 2.24) is 0 Å². The highest BCUT2D eigenvalue weighted by Crippen LogP contribution is 2.08. The number of allylic oxidation sites excluding steroid dienone is 1. The summed E-state index contributed by atoms with van der Waals surface area (Å²) in [5, 5.41) is 7.76. The molecule has 92 valence electrons. The molecule has 0 saturated carbocycles. The van der Waals surface area contributed by atoms with Gasteiger partial charge in [-0.05, 0) is 19.4 Å². The molecule has 0 aromatic rings. The Labute approximate surface area is 97.4 Å². The Morgan fingerprint density at radius 3 is 2.62 bits per heavy atom. The van der Waals surface area contributed by atoms with E-state index in [0.717, 1.165) is 19.3 Å². The van der Waals surface area contributed by atoms with Crippen molar-refractivity contribution < 1.29 is 9.53 Å². The fourth-order valence-corrected chi connectivity index (χ4v) is 1.43. The van der Waals surface area contributed by atoms with Crippen LogP contribution in [0.2, 0.25) is 0 Å². The average molecular weight is 226 g/mol. The molecule has 3 N–H and O–H groups in total. The number of hydrogen-bond acceptors (Lipinski definition) is 4. The van der Waals surface area contributed by atoms with Gasteiger partial charge in [0.1, 0.15) is 0 Å². The van der Waals surface area contributed by atoms with Crippen molar-refractivity contribution >= 4 is 11.7 Å². The Kier molecular flexibility index (Phi) is 7.46. The van der Waals surface area contributed by atoms with Gasteiger partial charge in [-0.3, -0.25) is 4.79 Å². The predicted molar refractivity (Wildman–Crippen MR) is 65.6 cm³/mol. The molecule has 0 aliphatic rings. The van der Waals surface area contributed by atoms with Crippen LogP contribution in [0.4, 0.5) is 0 Å². The highest BCUT2D eigenvalue weighted by Gasteiger charge is 2.23. The smallest absolute Gasteiger partial charge is 0.303 e. The highest BCUT2D eigenvalue weighted by atomic mass is 16.5. The van der Waals surface area contributed by atoms with Crippen LogP contribution in [0.25, 0.3) is 0 Å². The van der Waals surface area contributed by atoms with E-state index in [4.69, 9.17) is 15.9 Å². The standard InChI is InChI=1S/C12H22N2O2/c1-4-6-8-11(14)12(16-9(3)15)10(13)7-5-2/h5,7,11-13H,4,6,8,14H2,1-3H3/b7-5-,13-10?. The number of nitrogens with one attached hydrogen (secondary N) is 1. The molecule has 4 nitrogen and oxygen atoms in total. The van der Waals surface area contributed by atoms with Crippen molar-refractivity contribution in [1.29, 1.82) is 5.41 Å². The number of carbonyl (C=O) groups excluding carboxylic acids is 1. The second kappa shape index (κ2) is 8.05. The zero-order valence-electron chi connectivity index (χ0n) is 10.3. The molecule has 0 spiro atoms. The molecule has 4 heteroatoms. The number of rotatable bonds is 7. The Morgan fingerprint density at radius 1 is 1.56 bits per heavy atom. The predicted octanol–water partition coefficient (Wildman–Crippen LogP) is 2.03. The molecule has 2 atom stereocenters. The van der Waals surface area contributed by atoms with Crippen molar-refractivity contribution in [2.45, 2.75) is 52.2 Å². The quantitative estimate of drug-likeness (QED) is 0.515. The third-order valence-corrected chi connectivity index (χ3v) is 2.23. The minimum absolute atomic E-state index is 0.251. The molecule has 16 heavy (non-hydrogen) atoms. The van der Waals surface area contributed by atoms with Gasteiger partial charge in [-0.15, -0.1) is 0 Å². The second-order valence-electron chi connectivity index (χ2n) is 3.79. The largest absolute Gasteiger partial charge is 0.454 e. The van der Waals surface area contributed by atoms with Gasteiger partial charge in [-0.25, -0.2) is 0 Å². The third-order valence-electron chi connectivity index (χ3n) is 2.23. The average Bonchev–Trinajstić information content (AvgIpc) is 2.22. The number of ether oxygens (including phenoxy) is 1. The monoisotopic (exact) mass is 226 g/mol. The van der Waals surface area contributed by atoms with E-state index >= 15 is 0 Å². The lowest BCUT2D eigenvalue weighted by atomic mass is 10.0. The van der Waals surface area contributed by atoms with Gasteiger partial charge in [0.2, 0.25) is 0 Å². The highest BCUT2D eigenvalue weighted by molar-refractivity contribution is 5.97. The number of hydrogen-bond donors (Lipinski definition) is 2. The summed E-state index contributed by atoms with van der Waals surface area (Å²) in [6.45, 7) is 5.23. The second-order valence-corrected chi connectivity index (χ2v) is 3.79. The van der Waals surface area contributed by atoms with Crippen LogP contribution in [0.3, 0.4) is 0 Å². The summed E-state index contributed by atoms with van der Waals surface area (Å²) in [6.07, 6.45) is 5.50. The van der Waals surface area contributed by atoms with Gasteiger partial charge >= 0.3 is 5.97 Å². The zero-order chi connectivity index (χ0) is 12.6. The first-order chi connectivity index (χ1) is 7.52. The Balaban J connectivity index is 4.51.